The zero-order valence-electron chi connectivity index (χ0n) is 16.9. The fourth-order valence-electron chi connectivity index (χ4n) is 1.46. The van der Waals surface area contributed by atoms with Crippen LogP contribution in [0, 0.1) is 16.2 Å². The predicted octanol–water partition coefficient (Wildman–Crippen LogP) is 4.35. The highest BCUT2D eigenvalue weighted by Crippen LogP contribution is 2.52. The molecule has 0 atom stereocenters. The van der Waals surface area contributed by atoms with E-state index in [4.69, 9.17) is 18.5 Å². The molecule has 0 N–H and O–H groups in total. The molecule has 0 aromatic carbocycles. The van der Waals surface area contributed by atoms with E-state index >= 15 is 0 Å². The molecule has 0 aromatic rings. The van der Waals surface area contributed by atoms with Gasteiger partial charge in [0.1, 0.15) is 0 Å². The van der Waals surface area contributed by atoms with Gasteiger partial charge in [0, 0.05) is 0 Å². The van der Waals surface area contributed by atoms with E-state index in [2.05, 4.69) is 0 Å². The molecule has 148 valence electrons. The van der Waals surface area contributed by atoms with Crippen LogP contribution in [0.3, 0.4) is 0 Å². The van der Waals surface area contributed by atoms with Crippen LogP contribution in [-0.2, 0) is 32.7 Å². The number of carbonyl (C=O) groups is 2. The molecule has 7 nitrogen and oxygen atoms in total. The Morgan fingerprint density at radius 1 is 0.720 bits per heavy atom. The second-order valence-corrected chi connectivity index (χ2v) is 11.2. The summed E-state index contributed by atoms with van der Waals surface area (Å²) >= 11 is 0. The summed E-state index contributed by atoms with van der Waals surface area (Å²) in [6.45, 7) is 14.8. The molecule has 0 amide bonds. The van der Waals surface area contributed by atoms with Gasteiger partial charge < -0.3 is 9.47 Å². The van der Waals surface area contributed by atoms with Crippen LogP contribution in [0.2, 0.25) is 0 Å². The zero-order valence-corrected chi connectivity index (χ0v) is 17.8. The van der Waals surface area contributed by atoms with E-state index in [1.54, 1.807) is 41.5 Å². The monoisotopic (exact) mass is 380 g/mol. The fourth-order valence-corrected chi connectivity index (χ4v) is 3.31. The minimum absolute atomic E-state index is 0.0835. The summed E-state index contributed by atoms with van der Waals surface area (Å²) < 4.78 is 33.3. The third-order valence-corrected chi connectivity index (χ3v) is 5.11. The van der Waals surface area contributed by atoms with Crippen molar-refractivity contribution in [3.8, 4) is 0 Å². The smallest absolute Gasteiger partial charge is 0.337 e. The van der Waals surface area contributed by atoms with E-state index in [1.807, 2.05) is 20.8 Å². The van der Waals surface area contributed by atoms with Gasteiger partial charge in [-0.1, -0.05) is 20.8 Å². The lowest BCUT2D eigenvalue weighted by Crippen LogP contribution is -2.25. The van der Waals surface area contributed by atoms with Crippen molar-refractivity contribution in [1.29, 1.82) is 0 Å². The number of hydrogen-bond donors (Lipinski definition) is 0. The van der Waals surface area contributed by atoms with Crippen LogP contribution in [-0.4, -0.2) is 31.7 Å². The Morgan fingerprint density at radius 3 is 1.28 bits per heavy atom. The highest BCUT2D eigenvalue weighted by atomic mass is 31.2. The van der Waals surface area contributed by atoms with Crippen LogP contribution in [0.15, 0.2) is 0 Å². The van der Waals surface area contributed by atoms with Gasteiger partial charge in [0.05, 0.1) is 17.0 Å². The van der Waals surface area contributed by atoms with Crippen molar-refractivity contribution in [2.75, 3.05) is 19.7 Å². The molecule has 0 heterocycles. The molecule has 0 unspecified atom stereocenters. The van der Waals surface area contributed by atoms with Gasteiger partial charge in [-0.05, 0) is 47.0 Å². The van der Waals surface area contributed by atoms with E-state index < -0.39 is 44.0 Å². The highest BCUT2D eigenvalue weighted by molar-refractivity contribution is 7.53. The molecule has 0 saturated carbocycles. The maximum absolute atomic E-state index is 12.9. The third kappa shape index (κ3) is 10.6. The van der Waals surface area contributed by atoms with Crippen LogP contribution in [0.5, 0.6) is 0 Å². The van der Waals surface area contributed by atoms with E-state index in [0.29, 0.717) is 0 Å². The van der Waals surface area contributed by atoms with Gasteiger partial charge in [-0.15, -0.1) is 0 Å². The quantitative estimate of drug-likeness (QED) is 0.368. The van der Waals surface area contributed by atoms with Crippen molar-refractivity contribution < 1.29 is 32.7 Å². The van der Waals surface area contributed by atoms with Gasteiger partial charge in [0.25, 0.3) is 0 Å². The SMILES string of the molecule is CC(C)(C)CP(=O)(OCOC(=O)C(C)(C)C)OCOC(=O)C(C)(C)C. The molecule has 0 spiro atoms. The Balaban J connectivity index is 4.77. The third-order valence-electron chi connectivity index (χ3n) is 2.77. The molecule has 25 heavy (non-hydrogen) atoms. The Morgan fingerprint density at radius 2 is 1.04 bits per heavy atom. The molecule has 0 aliphatic carbocycles. The van der Waals surface area contributed by atoms with Gasteiger partial charge in [-0.25, -0.2) is 0 Å². The van der Waals surface area contributed by atoms with Crippen molar-refractivity contribution in [2.45, 2.75) is 62.3 Å². The number of rotatable bonds is 7. The summed E-state index contributed by atoms with van der Waals surface area (Å²) in [7, 11) is -3.61. The first-order valence-electron chi connectivity index (χ1n) is 8.19. The Bertz CT molecular complexity index is 471. The van der Waals surface area contributed by atoms with Crippen molar-refractivity contribution in [1.82, 2.24) is 0 Å². The average Bonchev–Trinajstić information content (AvgIpc) is 2.33. The second-order valence-electron chi connectivity index (χ2n) is 9.19. The van der Waals surface area contributed by atoms with Crippen molar-refractivity contribution in [3.63, 3.8) is 0 Å². The first-order chi connectivity index (χ1) is 11.0. The standard InChI is InChI=1S/C17H33O7P/c1-15(2,3)10-25(20,23-11-21-13(18)16(4,5)6)24-12-22-14(19)17(7,8)9/h10-12H2,1-9H3. The summed E-state index contributed by atoms with van der Waals surface area (Å²) in [5, 5.41) is 0. The molecule has 0 rings (SSSR count). The molecule has 0 aliphatic heterocycles. The molecule has 0 bridgehead atoms. The lowest BCUT2D eigenvalue weighted by molar-refractivity contribution is -0.162. The average molecular weight is 380 g/mol. The van der Waals surface area contributed by atoms with Crippen molar-refractivity contribution >= 4 is 19.5 Å². The summed E-state index contributed by atoms with van der Waals surface area (Å²) in [6.07, 6.45) is 0.0835. The van der Waals surface area contributed by atoms with E-state index in [9.17, 15) is 14.2 Å². The first kappa shape index (κ1) is 24.1. The summed E-state index contributed by atoms with van der Waals surface area (Å²) in [5.74, 6) is -0.956. The topological polar surface area (TPSA) is 88.1 Å². The van der Waals surface area contributed by atoms with Gasteiger partial charge in [-0.2, -0.15) is 0 Å². The van der Waals surface area contributed by atoms with Gasteiger partial charge in [0.15, 0.2) is 0 Å². The van der Waals surface area contributed by atoms with Crippen LogP contribution in [0.4, 0.5) is 0 Å². The summed E-state index contributed by atoms with van der Waals surface area (Å²) in [4.78, 5) is 23.5. The lowest BCUT2D eigenvalue weighted by atomic mass is 9.98. The number of hydrogen-bond acceptors (Lipinski definition) is 7. The highest BCUT2D eigenvalue weighted by Gasteiger charge is 2.33. The fraction of sp³-hybridized carbons (Fsp3) is 0.882. The van der Waals surface area contributed by atoms with Crippen LogP contribution in [0.25, 0.3) is 0 Å². The zero-order chi connectivity index (χ0) is 20.1. The van der Waals surface area contributed by atoms with Gasteiger partial charge in [0.2, 0.25) is 13.6 Å². The number of carbonyl (C=O) groups excluding carboxylic acids is 2. The molecular formula is C17H33O7P. The predicted molar refractivity (Wildman–Crippen MR) is 94.9 cm³/mol. The molecule has 0 aromatic heterocycles. The normalized spacial score (nSPS) is 13.5. The molecule has 0 radical (unpaired) electrons. The summed E-state index contributed by atoms with van der Waals surface area (Å²) in [6, 6.07) is 0. The van der Waals surface area contributed by atoms with E-state index in [-0.39, 0.29) is 11.6 Å². The molecule has 8 heteroatoms. The van der Waals surface area contributed by atoms with Crippen molar-refractivity contribution in [2.24, 2.45) is 16.2 Å². The lowest BCUT2D eigenvalue weighted by Gasteiger charge is -2.26. The minimum atomic E-state index is -3.61. The van der Waals surface area contributed by atoms with E-state index in [0.717, 1.165) is 0 Å². The Labute approximate surface area is 151 Å². The minimum Gasteiger partial charge on any atom is -0.438 e. The van der Waals surface area contributed by atoms with Crippen LogP contribution >= 0.6 is 7.60 Å². The van der Waals surface area contributed by atoms with E-state index in [1.165, 1.54) is 0 Å². The Kier molecular flexibility index (Phi) is 8.34. The Hall–Kier alpha value is -0.910. The number of ether oxygens (including phenoxy) is 2. The van der Waals surface area contributed by atoms with Crippen molar-refractivity contribution in [3.05, 3.63) is 0 Å². The maximum atomic E-state index is 12.9. The molecule has 0 saturated heterocycles. The van der Waals surface area contributed by atoms with Crippen LogP contribution < -0.4 is 0 Å². The second kappa shape index (κ2) is 8.65. The largest absolute Gasteiger partial charge is 0.438 e. The van der Waals surface area contributed by atoms with Gasteiger partial charge >= 0.3 is 19.5 Å². The molecule has 0 fully saturated rings. The van der Waals surface area contributed by atoms with Crippen LogP contribution in [0.1, 0.15) is 62.3 Å². The number of esters is 2. The maximum Gasteiger partial charge on any atom is 0.337 e. The van der Waals surface area contributed by atoms with Gasteiger partial charge in [-0.3, -0.25) is 23.2 Å². The summed E-state index contributed by atoms with van der Waals surface area (Å²) in [5.41, 5.74) is -1.75. The first-order valence-corrected chi connectivity index (χ1v) is 9.92. The molecule has 0 aliphatic rings. The molecular weight excluding hydrogens is 347 g/mol.